The Kier molecular flexibility index (Phi) is 6.20. The van der Waals surface area contributed by atoms with Gasteiger partial charge in [0.2, 0.25) is 10.0 Å². The number of nitrogen functional groups attached to an aromatic ring is 1. The van der Waals surface area contributed by atoms with Gasteiger partial charge in [-0.2, -0.15) is 4.31 Å². The number of ether oxygens (including phenoxy) is 1. The van der Waals surface area contributed by atoms with Gasteiger partial charge in [0, 0.05) is 31.9 Å². The van der Waals surface area contributed by atoms with E-state index in [0.717, 1.165) is 38.0 Å². The molecular weight excluding hydrogens is 330 g/mol. The van der Waals surface area contributed by atoms with Crippen molar-refractivity contribution in [3.63, 3.8) is 0 Å². The lowest BCUT2D eigenvalue weighted by Gasteiger charge is -2.33. The first-order valence-electron chi connectivity index (χ1n) is 7.95. The van der Waals surface area contributed by atoms with Crippen molar-refractivity contribution in [2.45, 2.75) is 12.8 Å². The third kappa shape index (κ3) is 4.93. The zero-order valence-electron chi connectivity index (χ0n) is 14.2. The molecule has 2 rings (SSSR count). The Labute approximate surface area is 143 Å². The van der Waals surface area contributed by atoms with Crippen LogP contribution in [0.1, 0.15) is 22.3 Å². The first-order valence-corrected chi connectivity index (χ1v) is 9.80. The van der Waals surface area contributed by atoms with E-state index in [1.165, 1.54) is 17.7 Å². The predicted octanol–water partition coefficient (Wildman–Crippen LogP) is 0.565. The normalized spacial score (nSPS) is 16.9. The highest BCUT2D eigenvalue weighted by Crippen LogP contribution is 2.17. The maximum atomic E-state index is 11.8. The van der Waals surface area contributed by atoms with E-state index in [9.17, 15) is 13.2 Å². The van der Waals surface area contributed by atoms with E-state index in [1.807, 2.05) is 6.07 Å². The number of benzene rings is 1. The molecule has 1 heterocycles. The fourth-order valence-corrected chi connectivity index (χ4v) is 3.73. The molecule has 1 aliphatic rings. The van der Waals surface area contributed by atoms with E-state index in [0.29, 0.717) is 24.3 Å². The van der Waals surface area contributed by atoms with Gasteiger partial charge in [-0.1, -0.05) is 0 Å². The second-order valence-corrected chi connectivity index (χ2v) is 8.00. The lowest BCUT2D eigenvalue weighted by atomic mass is 10.0. The largest absolute Gasteiger partial charge is 0.465 e. The van der Waals surface area contributed by atoms with Crippen LogP contribution >= 0.6 is 0 Å². The Morgan fingerprint density at radius 2 is 1.92 bits per heavy atom. The average Bonchev–Trinajstić information content (AvgIpc) is 2.54. The topological polar surface area (TPSA) is 92.9 Å². The third-order valence-corrected chi connectivity index (χ3v) is 5.56. The molecule has 0 bridgehead atoms. The van der Waals surface area contributed by atoms with Crippen LogP contribution in [-0.4, -0.2) is 69.7 Å². The van der Waals surface area contributed by atoms with E-state index in [-0.39, 0.29) is 5.97 Å². The molecule has 1 aliphatic heterocycles. The fourth-order valence-electron chi connectivity index (χ4n) is 2.91. The number of anilines is 1. The van der Waals surface area contributed by atoms with Crippen molar-refractivity contribution in [2.24, 2.45) is 0 Å². The summed E-state index contributed by atoms with van der Waals surface area (Å²) in [4.78, 5) is 14.0. The van der Waals surface area contributed by atoms with Gasteiger partial charge in [0.25, 0.3) is 0 Å². The zero-order valence-corrected chi connectivity index (χ0v) is 15.0. The second kappa shape index (κ2) is 7.96. The number of methoxy groups -OCH3 is 1. The molecule has 0 spiro atoms. The quantitative estimate of drug-likeness (QED) is 0.592. The molecule has 7 nitrogen and oxygen atoms in total. The Morgan fingerprint density at radius 1 is 1.25 bits per heavy atom. The molecule has 1 aromatic rings. The molecule has 0 aliphatic carbocycles. The molecule has 8 heteroatoms. The highest BCUT2D eigenvalue weighted by molar-refractivity contribution is 7.88. The fraction of sp³-hybridized carbons (Fsp3) is 0.562. The molecule has 0 atom stereocenters. The summed E-state index contributed by atoms with van der Waals surface area (Å²) >= 11 is 0. The molecule has 0 amide bonds. The number of carbonyl (C=O) groups excluding carboxylic acids is 1. The SMILES string of the molecule is COC(=O)c1ccc(N)cc1CCCN1CCN(S(C)(=O)=O)CC1. The summed E-state index contributed by atoms with van der Waals surface area (Å²) < 4.78 is 29.3. The summed E-state index contributed by atoms with van der Waals surface area (Å²) in [7, 11) is -1.73. The Morgan fingerprint density at radius 3 is 2.50 bits per heavy atom. The number of nitrogens with zero attached hydrogens (tertiary/aromatic N) is 2. The van der Waals surface area contributed by atoms with E-state index >= 15 is 0 Å². The van der Waals surface area contributed by atoms with Gasteiger partial charge in [-0.15, -0.1) is 0 Å². The van der Waals surface area contributed by atoms with Crippen LogP contribution in [0.5, 0.6) is 0 Å². The molecule has 1 saturated heterocycles. The second-order valence-electron chi connectivity index (χ2n) is 6.02. The highest BCUT2D eigenvalue weighted by atomic mass is 32.2. The number of piperazine rings is 1. The van der Waals surface area contributed by atoms with Crippen molar-refractivity contribution < 1.29 is 17.9 Å². The minimum atomic E-state index is -3.09. The summed E-state index contributed by atoms with van der Waals surface area (Å²) in [5, 5.41) is 0. The van der Waals surface area contributed by atoms with Gasteiger partial charge >= 0.3 is 5.97 Å². The van der Waals surface area contributed by atoms with Gasteiger partial charge in [-0.25, -0.2) is 13.2 Å². The van der Waals surface area contributed by atoms with Gasteiger partial charge < -0.3 is 15.4 Å². The lowest BCUT2D eigenvalue weighted by Crippen LogP contribution is -2.48. The van der Waals surface area contributed by atoms with Crippen LogP contribution in [0.2, 0.25) is 0 Å². The standard InChI is InChI=1S/C16H25N3O4S/c1-23-16(20)15-6-5-14(17)12-13(15)4-3-7-18-8-10-19(11-9-18)24(2,21)22/h5-6,12H,3-4,7-11,17H2,1-2H3. The third-order valence-electron chi connectivity index (χ3n) is 4.26. The Hall–Kier alpha value is -1.64. The Balaban J connectivity index is 1.87. The number of nitrogens with two attached hydrogens (primary N) is 1. The summed E-state index contributed by atoms with van der Waals surface area (Å²) in [5.74, 6) is -0.355. The van der Waals surface area contributed by atoms with E-state index in [2.05, 4.69) is 4.90 Å². The molecule has 0 saturated carbocycles. The number of hydrogen-bond acceptors (Lipinski definition) is 6. The van der Waals surface area contributed by atoms with Crippen LogP contribution in [0.15, 0.2) is 18.2 Å². The van der Waals surface area contributed by atoms with Crippen molar-refractivity contribution in [1.82, 2.24) is 9.21 Å². The summed E-state index contributed by atoms with van der Waals surface area (Å²) in [6.07, 6.45) is 2.84. The van der Waals surface area contributed by atoms with Crippen LogP contribution < -0.4 is 5.73 Å². The van der Waals surface area contributed by atoms with Crippen LogP contribution in [0, 0.1) is 0 Å². The molecule has 1 aromatic carbocycles. The minimum absolute atomic E-state index is 0.355. The molecule has 0 unspecified atom stereocenters. The Bertz CT molecular complexity index is 683. The number of hydrogen-bond donors (Lipinski definition) is 1. The van der Waals surface area contributed by atoms with Gasteiger partial charge in [0.05, 0.1) is 18.9 Å². The predicted molar refractivity (Wildman–Crippen MR) is 93.4 cm³/mol. The molecular formula is C16H25N3O4S. The molecule has 0 radical (unpaired) electrons. The van der Waals surface area contributed by atoms with Gasteiger partial charge in [-0.05, 0) is 43.1 Å². The van der Waals surface area contributed by atoms with Crippen LogP contribution in [-0.2, 0) is 21.2 Å². The first kappa shape index (κ1) is 18.7. The van der Waals surface area contributed by atoms with Gasteiger partial charge in [0.1, 0.15) is 0 Å². The molecule has 24 heavy (non-hydrogen) atoms. The van der Waals surface area contributed by atoms with Crippen LogP contribution in [0.3, 0.4) is 0 Å². The number of sulfonamides is 1. The number of esters is 1. The smallest absolute Gasteiger partial charge is 0.338 e. The van der Waals surface area contributed by atoms with Crippen molar-refractivity contribution in [3.8, 4) is 0 Å². The van der Waals surface area contributed by atoms with Crippen LogP contribution in [0.4, 0.5) is 5.69 Å². The van der Waals surface area contributed by atoms with Gasteiger partial charge in [0.15, 0.2) is 0 Å². The van der Waals surface area contributed by atoms with Crippen molar-refractivity contribution in [3.05, 3.63) is 29.3 Å². The monoisotopic (exact) mass is 355 g/mol. The molecule has 0 aromatic heterocycles. The van der Waals surface area contributed by atoms with E-state index in [1.54, 1.807) is 12.1 Å². The molecule has 2 N–H and O–H groups in total. The number of aryl methyl sites for hydroxylation is 1. The van der Waals surface area contributed by atoms with E-state index < -0.39 is 10.0 Å². The average molecular weight is 355 g/mol. The highest BCUT2D eigenvalue weighted by Gasteiger charge is 2.23. The summed E-state index contributed by atoms with van der Waals surface area (Å²) in [6, 6.07) is 5.20. The number of rotatable bonds is 6. The van der Waals surface area contributed by atoms with Crippen molar-refractivity contribution >= 4 is 21.7 Å². The van der Waals surface area contributed by atoms with Crippen LogP contribution in [0.25, 0.3) is 0 Å². The summed E-state index contributed by atoms with van der Waals surface area (Å²) in [6.45, 7) is 3.38. The van der Waals surface area contributed by atoms with Gasteiger partial charge in [-0.3, -0.25) is 0 Å². The van der Waals surface area contributed by atoms with Crippen molar-refractivity contribution in [2.75, 3.05) is 51.8 Å². The lowest BCUT2D eigenvalue weighted by molar-refractivity contribution is 0.0599. The van der Waals surface area contributed by atoms with Crippen molar-refractivity contribution in [1.29, 1.82) is 0 Å². The maximum absolute atomic E-state index is 11.8. The summed E-state index contributed by atoms with van der Waals surface area (Å²) in [5.41, 5.74) is 7.87. The first-order chi connectivity index (χ1) is 11.3. The maximum Gasteiger partial charge on any atom is 0.338 e. The zero-order chi connectivity index (χ0) is 17.7. The number of carbonyl (C=O) groups is 1. The van der Waals surface area contributed by atoms with E-state index in [4.69, 9.17) is 10.5 Å². The molecule has 134 valence electrons. The minimum Gasteiger partial charge on any atom is -0.465 e. The molecule has 1 fully saturated rings.